The zero-order valence-corrected chi connectivity index (χ0v) is 16.4. The third kappa shape index (κ3) is 2.77. The molecule has 3 N–H and O–H groups in total. The van der Waals surface area contributed by atoms with Crippen molar-refractivity contribution in [3.8, 4) is 0 Å². The Balaban J connectivity index is 1.32. The van der Waals surface area contributed by atoms with Gasteiger partial charge in [-0.2, -0.15) is 5.10 Å². The molecule has 10 heteroatoms. The summed E-state index contributed by atoms with van der Waals surface area (Å²) in [5.41, 5.74) is 2.07. The summed E-state index contributed by atoms with van der Waals surface area (Å²) in [5.74, 6) is -0.607. The highest BCUT2D eigenvalue weighted by Gasteiger charge is 2.60. The van der Waals surface area contributed by atoms with Crippen LogP contribution in [0.1, 0.15) is 53.8 Å². The molecule has 0 radical (unpaired) electrons. The number of nitrogens with one attached hydrogen (secondary N) is 3. The number of hydrogen-bond acceptors (Lipinski definition) is 5. The van der Waals surface area contributed by atoms with Gasteiger partial charge in [0.15, 0.2) is 10.4 Å². The van der Waals surface area contributed by atoms with E-state index in [2.05, 4.69) is 20.8 Å². The lowest BCUT2D eigenvalue weighted by Gasteiger charge is -2.39. The van der Waals surface area contributed by atoms with Crippen molar-refractivity contribution in [2.24, 2.45) is 0 Å². The number of aromatic nitrogens is 2. The second-order valence-corrected chi connectivity index (χ2v) is 10.1. The van der Waals surface area contributed by atoms with Crippen molar-refractivity contribution in [1.82, 2.24) is 25.1 Å². The molecule has 0 aromatic carbocycles. The van der Waals surface area contributed by atoms with Crippen LogP contribution in [-0.2, 0) is 14.8 Å². The van der Waals surface area contributed by atoms with Crippen molar-refractivity contribution in [3.05, 3.63) is 17.0 Å². The molecule has 0 spiro atoms. The van der Waals surface area contributed by atoms with Crippen LogP contribution >= 0.6 is 0 Å². The normalized spacial score (nSPS) is 33.9. The standard InChI is InChI=1S/C17H25N5O4S/c1-10-11(2)20-21-14(10)15(23)18-12-8-13(9-12)19-16(24)17-4-3-6-22(7-5-17)27(17,25)26/h12-13H,3-9H2,1-2H3,(H,18,23)(H,19,24)(H,20,21). The summed E-state index contributed by atoms with van der Waals surface area (Å²) < 4.78 is 25.4. The number of aromatic amines is 1. The van der Waals surface area contributed by atoms with E-state index in [9.17, 15) is 18.0 Å². The van der Waals surface area contributed by atoms with E-state index in [1.807, 2.05) is 13.8 Å². The topological polar surface area (TPSA) is 124 Å². The second-order valence-electron chi connectivity index (χ2n) is 7.89. The van der Waals surface area contributed by atoms with E-state index in [0.717, 1.165) is 17.7 Å². The average Bonchev–Trinajstić information content (AvgIpc) is 2.92. The predicted octanol–water partition coefficient (Wildman–Crippen LogP) is -0.0284. The lowest BCUT2D eigenvalue weighted by molar-refractivity contribution is -0.125. The Morgan fingerprint density at radius 3 is 2.52 bits per heavy atom. The van der Waals surface area contributed by atoms with Gasteiger partial charge in [0.2, 0.25) is 15.9 Å². The lowest BCUT2D eigenvalue weighted by atomic mass is 9.85. The molecule has 3 aliphatic rings. The Bertz CT molecular complexity index is 885. The van der Waals surface area contributed by atoms with Gasteiger partial charge in [0.25, 0.3) is 5.91 Å². The van der Waals surface area contributed by atoms with Crippen LogP contribution in [0.5, 0.6) is 0 Å². The van der Waals surface area contributed by atoms with Gasteiger partial charge in [-0.25, -0.2) is 12.7 Å². The van der Waals surface area contributed by atoms with Crippen molar-refractivity contribution in [1.29, 1.82) is 0 Å². The molecule has 2 aliphatic heterocycles. The molecule has 2 amide bonds. The highest BCUT2D eigenvalue weighted by Crippen LogP contribution is 2.41. The molecule has 1 aliphatic carbocycles. The minimum absolute atomic E-state index is 0.0419. The number of hydrogen-bond donors (Lipinski definition) is 3. The number of amides is 2. The number of nitrogens with zero attached hydrogens (tertiary/aromatic N) is 2. The third-order valence-electron chi connectivity index (χ3n) is 6.28. The molecule has 2 unspecified atom stereocenters. The van der Waals surface area contributed by atoms with Gasteiger partial charge in [0.1, 0.15) is 0 Å². The maximum Gasteiger partial charge on any atom is 0.272 e. The van der Waals surface area contributed by atoms with Crippen LogP contribution < -0.4 is 10.6 Å². The summed E-state index contributed by atoms with van der Waals surface area (Å²) in [6.07, 6.45) is 2.67. The van der Waals surface area contributed by atoms with Crippen molar-refractivity contribution < 1.29 is 18.0 Å². The van der Waals surface area contributed by atoms with Crippen molar-refractivity contribution in [3.63, 3.8) is 0 Å². The molecular weight excluding hydrogens is 370 g/mol. The minimum Gasteiger partial charge on any atom is -0.352 e. The maximum absolute atomic E-state index is 12.8. The van der Waals surface area contributed by atoms with Crippen LogP contribution in [0.25, 0.3) is 0 Å². The highest BCUT2D eigenvalue weighted by atomic mass is 32.2. The van der Waals surface area contributed by atoms with Gasteiger partial charge in [-0.15, -0.1) is 0 Å². The molecule has 2 atom stereocenters. The quantitative estimate of drug-likeness (QED) is 0.660. The van der Waals surface area contributed by atoms with E-state index in [1.165, 1.54) is 4.31 Å². The first-order valence-electron chi connectivity index (χ1n) is 9.38. The van der Waals surface area contributed by atoms with E-state index < -0.39 is 14.8 Å². The van der Waals surface area contributed by atoms with Crippen molar-refractivity contribution in [2.75, 3.05) is 13.1 Å². The van der Waals surface area contributed by atoms with Crippen LogP contribution in [0.3, 0.4) is 0 Å². The summed E-state index contributed by atoms with van der Waals surface area (Å²) in [7, 11) is -3.55. The van der Waals surface area contributed by atoms with Crippen LogP contribution in [0.15, 0.2) is 0 Å². The molecule has 1 aromatic heterocycles. The number of rotatable bonds is 4. The fraction of sp³-hybridized carbons (Fsp3) is 0.706. The molecule has 1 saturated carbocycles. The van der Waals surface area contributed by atoms with E-state index in [0.29, 0.717) is 44.5 Å². The molecule has 9 nitrogen and oxygen atoms in total. The van der Waals surface area contributed by atoms with Crippen molar-refractivity contribution in [2.45, 2.75) is 62.8 Å². The van der Waals surface area contributed by atoms with Crippen LogP contribution in [0.4, 0.5) is 0 Å². The third-order valence-corrected chi connectivity index (χ3v) is 8.90. The van der Waals surface area contributed by atoms with E-state index in [-0.39, 0.29) is 23.9 Å². The van der Waals surface area contributed by atoms with Gasteiger partial charge in [0, 0.05) is 36.4 Å². The fourth-order valence-electron chi connectivity index (χ4n) is 4.30. The van der Waals surface area contributed by atoms with Gasteiger partial charge >= 0.3 is 0 Å². The minimum atomic E-state index is -3.55. The molecule has 27 heavy (non-hydrogen) atoms. The zero-order chi connectivity index (χ0) is 19.4. The Kier molecular flexibility index (Phi) is 4.30. The van der Waals surface area contributed by atoms with Crippen LogP contribution in [0.2, 0.25) is 0 Å². The summed E-state index contributed by atoms with van der Waals surface area (Å²) in [6.45, 7) is 4.64. The maximum atomic E-state index is 12.8. The lowest BCUT2D eigenvalue weighted by Crippen LogP contribution is -2.60. The van der Waals surface area contributed by atoms with Gasteiger partial charge in [-0.1, -0.05) is 0 Å². The first-order valence-corrected chi connectivity index (χ1v) is 10.8. The Morgan fingerprint density at radius 2 is 1.85 bits per heavy atom. The van der Waals surface area contributed by atoms with Crippen molar-refractivity contribution >= 4 is 21.8 Å². The van der Waals surface area contributed by atoms with Gasteiger partial charge in [-0.3, -0.25) is 14.7 Å². The highest BCUT2D eigenvalue weighted by molar-refractivity contribution is 7.91. The zero-order valence-electron chi connectivity index (χ0n) is 15.5. The molecule has 2 saturated heterocycles. The number of H-pyrrole nitrogens is 1. The monoisotopic (exact) mass is 395 g/mol. The Hall–Kier alpha value is -1.94. The summed E-state index contributed by atoms with van der Waals surface area (Å²) in [5, 5.41) is 12.6. The summed E-state index contributed by atoms with van der Waals surface area (Å²) in [4.78, 5) is 25.1. The first-order chi connectivity index (χ1) is 12.7. The number of carbonyl (C=O) groups excluding carboxylic acids is 2. The van der Waals surface area contributed by atoms with E-state index in [4.69, 9.17) is 0 Å². The summed E-state index contributed by atoms with van der Waals surface area (Å²) in [6, 6.07) is -0.148. The average molecular weight is 395 g/mol. The SMILES string of the molecule is Cc1[nH]nc(C(=O)NC2CC(NC(=O)C34CCCN(CC3)S4(=O)=O)C2)c1C. The van der Waals surface area contributed by atoms with Gasteiger partial charge < -0.3 is 10.6 Å². The number of sulfonamides is 1. The largest absolute Gasteiger partial charge is 0.352 e. The van der Waals surface area contributed by atoms with Gasteiger partial charge in [0.05, 0.1) is 0 Å². The number of carbonyl (C=O) groups is 2. The molecule has 2 bridgehead atoms. The van der Waals surface area contributed by atoms with Crippen LogP contribution in [0, 0.1) is 13.8 Å². The molecule has 148 valence electrons. The number of aryl methyl sites for hydroxylation is 1. The fourth-order valence-corrected chi connectivity index (χ4v) is 6.54. The van der Waals surface area contributed by atoms with E-state index in [1.54, 1.807) is 0 Å². The second kappa shape index (κ2) is 6.30. The first kappa shape index (κ1) is 18.4. The number of fused-ring (bicyclic) bond motifs is 2. The van der Waals surface area contributed by atoms with E-state index >= 15 is 0 Å². The molecule has 4 rings (SSSR count). The van der Waals surface area contributed by atoms with Crippen LogP contribution in [-0.4, -0.2) is 64.7 Å². The van der Waals surface area contributed by atoms with Gasteiger partial charge in [-0.05, 0) is 46.0 Å². The molecule has 3 fully saturated rings. The molecule has 3 heterocycles. The Labute approximate surface area is 158 Å². The predicted molar refractivity (Wildman–Crippen MR) is 97.6 cm³/mol. The molecular formula is C17H25N5O4S. The molecule has 1 aromatic rings. The smallest absolute Gasteiger partial charge is 0.272 e. The Morgan fingerprint density at radius 1 is 1.15 bits per heavy atom. The summed E-state index contributed by atoms with van der Waals surface area (Å²) >= 11 is 0.